The van der Waals surface area contributed by atoms with E-state index in [-0.39, 0.29) is 18.4 Å². The SMILES string of the molecule is CCNC(=NCC(CO)c1ccccc1)NCCCc1nc(C(C)C)no1. The van der Waals surface area contributed by atoms with Crippen molar-refractivity contribution in [3.63, 3.8) is 0 Å². The van der Waals surface area contributed by atoms with Crippen LogP contribution in [-0.2, 0) is 6.42 Å². The van der Waals surface area contributed by atoms with Crippen LogP contribution in [0.4, 0.5) is 0 Å². The van der Waals surface area contributed by atoms with Crippen molar-refractivity contribution in [3.8, 4) is 0 Å². The molecule has 7 nitrogen and oxygen atoms in total. The average molecular weight is 374 g/mol. The first-order valence-corrected chi connectivity index (χ1v) is 9.64. The van der Waals surface area contributed by atoms with Gasteiger partial charge < -0.3 is 20.3 Å². The fourth-order valence-corrected chi connectivity index (χ4v) is 2.59. The lowest BCUT2D eigenvalue weighted by atomic mass is 10.0. The molecule has 7 heteroatoms. The Hall–Kier alpha value is -2.41. The fraction of sp³-hybridized carbons (Fsp3) is 0.550. The number of aliphatic imine (C=N–C) groups is 1. The molecule has 1 aromatic carbocycles. The molecular formula is C20H31N5O2. The van der Waals surface area contributed by atoms with Gasteiger partial charge in [-0.05, 0) is 18.9 Å². The molecule has 1 atom stereocenters. The Morgan fingerprint density at radius 2 is 2.00 bits per heavy atom. The van der Waals surface area contributed by atoms with Crippen LogP contribution in [0.1, 0.15) is 56.3 Å². The normalized spacial score (nSPS) is 13.0. The van der Waals surface area contributed by atoms with Crippen molar-refractivity contribution >= 4 is 5.96 Å². The molecule has 0 radical (unpaired) electrons. The summed E-state index contributed by atoms with van der Waals surface area (Å²) in [6, 6.07) is 9.97. The Bertz CT molecular complexity index is 685. The zero-order chi connectivity index (χ0) is 19.5. The maximum atomic E-state index is 9.67. The molecule has 2 aromatic rings. The summed E-state index contributed by atoms with van der Waals surface area (Å²) in [4.78, 5) is 9.00. The van der Waals surface area contributed by atoms with Gasteiger partial charge in [0.15, 0.2) is 11.8 Å². The molecule has 0 amide bonds. The van der Waals surface area contributed by atoms with Crippen LogP contribution in [0.25, 0.3) is 0 Å². The summed E-state index contributed by atoms with van der Waals surface area (Å²) in [5.41, 5.74) is 1.09. The smallest absolute Gasteiger partial charge is 0.226 e. The second kappa shape index (κ2) is 11.3. The minimum atomic E-state index is -0.00509. The van der Waals surface area contributed by atoms with Crippen molar-refractivity contribution in [2.24, 2.45) is 4.99 Å². The molecule has 0 fully saturated rings. The highest BCUT2D eigenvalue weighted by atomic mass is 16.5. The summed E-state index contributed by atoms with van der Waals surface area (Å²) in [6.45, 7) is 8.25. The average Bonchev–Trinajstić information content (AvgIpc) is 3.15. The van der Waals surface area contributed by atoms with Gasteiger partial charge in [-0.2, -0.15) is 4.98 Å². The number of aliphatic hydroxyl groups excluding tert-OH is 1. The van der Waals surface area contributed by atoms with E-state index in [0.29, 0.717) is 12.4 Å². The summed E-state index contributed by atoms with van der Waals surface area (Å²) in [7, 11) is 0. The van der Waals surface area contributed by atoms with E-state index in [1.165, 1.54) is 0 Å². The summed E-state index contributed by atoms with van der Waals surface area (Å²) >= 11 is 0. The largest absolute Gasteiger partial charge is 0.396 e. The molecule has 0 bridgehead atoms. The minimum absolute atomic E-state index is 0.00509. The van der Waals surface area contributed by atoms with Gasteiger partial charge in [0.1, 0.15) is 0 Å². The second-order valence-corrected chi connectivity index (χ2v) is 6.74. The van der Waals surface area contributed by atoms with Crippen LogP contribution in [0.5, 0.6) is 0 Å². The number of nitrogens with zero attached hydrogens (tertiary/aromatic N) is 3. The monoisotopic (exact) mass is 373 g/mol. The molecule has 0 aliphatic rings. The number of benzene rings is 1. The highest BCUT2D eigenvalue weighted by molar-refractivity contribution is 5.79. The molecule has 148 valence electrons. The maximum absolute atomic E-state index is 9.67. The lowest BCUT2D eigenvalue weighted by Gasteiger charge is -2.15. The molecule has 0 saturated carbocycles. The van der Waals surface area contributed by atoms with Gasteiger partial charge in [-0.25, -0.2) is 0 Å². The van der Waals surface area contributed by atoms with Crippen molar-refractivity contribution in [2.45, 2.75) is 45.4 Å². The highest BCUT2D eigenvalue weighted by Gasteiger charge is 2.11. The first kappa shape index (κ1) is 20.9. The Balaban J connectivity index is 1.82. The van der Waals surface area contributed by atoms with E-state index in [1.807, 2.05) is 51.1 Å². The van der Waals surface area contributed by atoms with E-state index in [2.05, 4.69) is 25.8 Å². The standard InChI is InChI=1S/C20H31N5O2/c1-4-21-20(23-13-17(14-26)16-9-6-5-7-10-16)22-12-8-11-18-24-19(15(2)3)25-27-18/h5-7,9-10,15,17,26H,4,8,11-14H2,1-3H3,(H2,21,22,23). The van der Waals surface area contributed by atoms with Gasteiger partial charge in [-0.15, -0.1) is 0 Å². The quantitative estimate of drug-likeness (QED) is 0.336. The van der Waals surface area contributed by atoms with Crippen LogP contribution in [-0.4, -0.2) is 47.4 Å². The fourth-order valence-electron chi connectivity index (χ4n) is 2.59. The summed E-state index contributed by atoms with van der Waals surface area (Å²) in [6.07, 6.45) is 1.60. The van der Waals surface area contributed by atoms with E-state index < -0.39 is 0 Å². The number of aryl methyl sites for hydroxylation is 1. The second-order valence-electron chi connectivity index (χ2n) is 6.74. The van der Waals surface area contributed by atoms with Crippen molar-refractivity contribution in [1.29, 1.82) is 0 Å². The molecule has 0 spiro atoms. The lowest BCUT2D eigenvalue weighted by Crippen LogP contribution is -2.38. The molecule has 1 unspecified atom stereocenters. The van der Waals surface area contributed by atoms with Crippen LogP contribution < -0.4 is 10.6 Å². The third-order valence-electron chi connectivity index (χ3n) is 4.17. The van der Waals surface area contributed by atoms with Crippen molar-refractivity contribution in [2.75, 3.05) is 26.2 Å². The summed E-state index contributed by atoms with van der Waals surface area (Å²) in [5, 5.41) is 20.2. The molecule has 1 aromatic heterocycles. The first-order chi connectivity index (χ1) is 13.1. The lowest BCUT2D eigenvalue weighted by molar-refractivity contribution is 0.268. The van der Waals surface area contributed by atoms with Gasteiger partial charge >= 0.3 is 0 Å². The van der Waals surface area contributed by atoms with Crippen LogP contribution in [0.3, 0.4) is 0 Å². The zero-order valence-corrected chi connectivity index (χ0v) is 16.5. The van der Waals surface area contributed by atoms with Gasteiger partial charge in [0.2, 0.25) is 5.89 Å². The number of aliphatic hydroxyl groups is 1. The summed E-state index contributed by atoms with van der Waals surface area (Å²) < 4.78 is 5.26. The Morgan fingerprint density at radius 1 is 1.22 bits per heavy atom. The number of rotatable bonds is 10. The van der Waals surface area contributed by atoms with Crippen molar-refractivity contribution in [3.05, 3.63) is 47.6 Å². The van der Waals surface area contributed by atoms with Crippen LogP contribution in [0, 0.1) is 0 Å². The Morgan fingerprint density at radius 3 is 2.63 bits per heavy atom. The first-order valence-electron chi connectivity index (χ1n) is 9.64. The topological polar surface area (TPSA) is 95.6 Å². The molecule has 0 aliphatic carbocycles. The van der Waals surface area contributed by atoms with Crippen molar-refractivity contribution in [1.82, 2.24) is 20.8 Å². The third kappa shape index (κ3) is 7.02. The molecule has 3 N–H and O–H groups in total. The van der Waals surface area contributed by atoms with Gasteiger partial charge in [-0.3, -0.25) is 4.99 Å². The highest BCUT2D eigenvalue weighted by Crippen LogP contribution is 2.15. The number of hydrogen-bond acceptors (Lipinski definition) is 5. The molecule has 1 heterocycles. The molecule has 27 heavy (non-hydrogen) atoms. The minimum Gasteiger partial charge on any atom is -0.396 e. The summed E-state index contributed by atoms with van der Waals surface area (Å²) in [5.74, 6) is 2.45. The van der Waals surface area contributed by atoms with Gasteiger partial charge in [0.05, 0.1) is 13.2 Å². The van der Waals surface area contributed by atoms with Crippen LogP contribution >= 0.6 is 0 Å². The van der Waals surface area contributed by atoms with Gasteiger partial charge in [-0.1, -0.05) is 49.3 Å². The van der Waals surface area contributed by atoms with E-state index in [0.717, 1.165) is 43.3 Å². The number of nitrogens with one attached hydrogen (secondary N) is 2. The van der Waals surface area contributed by atoms with E-state index in [4.69, 9.17) is 4.52 Å². The van der Waals surface area contributed by atoms with Gasteiger partial charge in [0.25, 0.3) is 0 Å². The maximum Gasteiger partial charge on any atom is 0.226 e. The van der Waals surface area contributed by atoms with Crippen LogP contribution in [0.2, 0.25) is 0 Å². The Labute approximate surface area is 161 Å². The van der Waals surface area contributed by atoms with E-state index in [9.17, 15) is 5.11 Å². The predicted molar refractivity (Wildman–Crippen MR) is 107 cm³/mol. The Kier molecular flexibility index (Phi) is 8.77. The molecule has 2 rings (SSSR count). The van der Waals surface area contributed by atoms with Gasteiger partial charge in [0, 0.05) is 31.3 Å². The molecule has 0 saturated heterocycles. The third-order valence-corrected chi connectivity index (χ3v) is 4.17. The van der Waals surface area contributed by atoms with E-state index in [1.54, 1.807) is 0 Å². The number of hydrogen-bond donors (Lipinski definition) is 3. The number of guanidine groups is 1. The van der Waals surface area contributed by atoms with Crippen molar-refractivity contribution < 1.29 is 9.63 Å². The van der Waals surface area contributed by atoms with E-state index >= 15 is 0 Å². The van der Waals surface area contributed by atoms with Crippen LogP contribution in [0.15, 0.2) is 39.8 Å². The predicted octanol–water partition coefficient (Wildman–Crippen LogP) is 2.46. The number of aromatic nitrogens is 2. The molecule has 0 aliphatic heterocycles. The molecular weight excluding hydrogens is 342 g/mol. The zero-order valence-electron chi connectivity index (χ0n) is 16.5.